The lowest BCUT2D eigenvalue weighted by Crippen LogP contribution is -2.15. The Hall–Kier alpha value is -1.34. The first-order chi connectivity index (χ1) is 14.8. The van der Waals surface area contributed by atoms with Crippen LogP contribution in [0.15, 0.2) is 53.4 Å². The number of hydrogen-bond donors (Lipinski definition) is 1. The molecule has 0 spiro atoms. The molecule has 0 aliphatic rings. The number of benzene rings is 3. The van der Waals surface area contributed by atoms with Crippen LogP contribution in [0, 0.1) is 0 Å². The molecule has 0 aromatic heterocycles. The largest absolute Gasteiger partial charge is 0.451 e. The van der Waals surface area contributed by atoms with E-state index in [9.17, 15) is 8.42 Å². The summed E-state index contributed by atoms with van der Waals surface area (Å²) in [6.45, 7) is 6.15. The molecular formula is C22H18Cl5NO3S. The average molecular weight is 554 g/mol. The molecule has 3 aromatic carbocycles. The third kappa shape index (κ3) is 5.77. The molecule has 3 aromatic rings. The molecule has 0 aliphatic heterocycles. The number of sulfonamides is 1. The summed E-state index contributed by atoms with van der Waals surface area (Å²) in [5.74, 6) is 0.186. The predicted octanol–water partition coefficient (Wildman–Crippen LogP) is 8.84. The lowest BCUT2D eigenvalue weighted by atomic mass is 9.87. The standard InChI is InChI=1S/C22H18Cl5NO3S/c1-22(2,3)12-4-6-15(7-5-12)32(29,30)28-14-10-18(26)21(19(27)11-14)31-20-16(24)8-13(23)9-17(20)25/h4-11,28H,1-3H3. The fraction of sp³-hybridized carbons (Fsp3) is 0.182. The van der Waals surface area contributed by atoms with E-state index in [0.717, 1.165) is 5.56 Å². The van der Waals surface area contributed by atoms with E-state index >= 15 is 0 Å². The molecular weight excluding hydrogens is 536 g/mol. The van der Waals surface area contributed by atoms with Crippen LogP contribution >= 0.6 is 58.0 Å². The van der Waals surface area contributed by atoms with Gasteiger partial charge < -0.3 is 4.74 Å². The fourth-order valence-electron chi connectivity index (χ4n) is 2.79. The summed E-state index contributed by atoms with van der Waals surface area (Å²) >= 11 is 30.8. The summed E-state index contributed by atoms with van der Waals surface area (Å²) in [6.07, 6.45) is 0. The molecule has 0 bridgehead atoms. The lowest BCUT2D eigenvalue weighted by molar-refractivity contribution is 0.484. The monoisotopic (exact) mass is 551 g/mol. The number of anilines is 1. The highest BCUT2D eigenvalue weighted by atomic mass is 35.5. The molecule has 0 saturated carbocycles. The van der Waals surface area contributed by atoms with Gasteiger partial charge in [0.05, 0.1) is 30.7 Å². The van der Waals surface area contributed by atoms with Crippen molar-refractivity contribution >= 4 is 73.7 Å². The van der Waals surface area contributed by atoms with Crippen molar-refractivity contribution in [2.45, 2.75) is 31.1 Å². The van der Waals surface area contributed by atoms with Crippen molar-refractivity contribution in [1.29, 1.82) is 0 Å². The molecule has 0 fully saturated rings. The normalized spacial score (nSPS) is 12.0. The zero-order valence-corrected chi connectivity index (χ0v) is 21.7. The van der Waals surface area contributed by atoms with Gasteiger partial charge in [-0.05, 0) is 47.4 Å². The second kappa shape index (κ2) is 9.49. The van der Waals surface area contributed by atoms with Crippen molar-refractivity contribution in [1.82, 2.24) is 0 Å². The Kier molecular flexibility index (Phi) is 7.50. The molecule has 0 aliphatic carbocycles. The zero-order chi connectivity index (χ0) is 23.8. The first-order valence-corrected chi connectivity index (χ1v) is 12.6. The van der Waals surface area contributed by atoms with E-state index in [1.807, 2.05) is 20.8 Å². The van der Waals surface area contributed by atoms with E-state index in [4.69, 9.17) is 62.7 Å². The third-order valence-electron chi connectivity index (χ3n) is 4.45. The van der Waals surface area contributed by atoms with Crippen molar-refractivity contribution in [3.63, 3.8) is 0 Å². The van der Waals surface area contributed by atoms with Crippen molar-refractivity contribution in [3.8, 4) is 11.5 Å². The van der Waals surface area contributed by atoms with Crippen LogP contribution in [0.5, 0.6) is 11.5 Å². The minimum absolute atomic E-state index is 0.0559. The highest BCUT2D eigenvalue weighted by Gasteiger charge is 2.20. The van der Waals surface area contributed by atoms with E-state index in [-0.39, 0.29) is 47.6 Å². The van der Waals surface area contributed by atoms with Crippen LogP contribution in [0.4, 0.5) is 5.69 Å². The number of hydrogen-bond acceptors (Lipinski definition) is 3. The quantitative estimate of drug-likeness (QED) is 0.343. The Morgan fingerprint density at radius 2 is 1.19 bits per heavy atom. The molecule has 0 atom stereocenters. The summed E-state index contributed by atoms with van der Waals surface area (Å²) < 4.78 is 33.8. The van der Waals surface area contributed by atoms with Crippen LogP contribution in [0.25, 0.3) is 0 Å². The molecule has 32 heavy (non-hydrogen) atoms. The predicted molar refractivity (Wildman–Crippen MR) is 134 cm³/mol. The third-order valence-corrected chi connectivity index (χ3v) is 7.19. The summed E-state index contributed by atoms with van der Waals surface area (Å²) in [7, 11) is -3.86. The maximum atomic E-state index is 12.8. The molecule has 4 nitrogen and oxygen atoms in total. The van der Waals surface area contributed by atoms with Gasteiger partial charge >= 0.3 is 0 Å². The summed E-state index contributed by atoms with van der Waals surface area (Å²) in [6, 6.07) is 12.3. The van der Waals surface area contributed by atoms with Crippen molar-refractivity contribution in [3.05, 3.63) is 79.2 Å². The van der Waals surface area contributed by atoms with Gasteiger partial charge in [-0.3, -0.25) is 4.72 Å². The number of nitrogens with one attached hydrogen (secondary N) is 1. The van der Waals surface area contributed by atoms with Gasteiger partial charge in [0.1, 0.15) is 0 Å². The van der Waals surface area contributed by atoms with Crippen LogP contribution in [-0.4, -0.2) is 8.42 Å². The second-order valence-corrected chi connectivity index (χ2v) is 11.7. The molecule has 10 heteroatoms. The Balaban J connectivity index is 1.88. The van der Waals surface area contributed by atoms with Crippen LogP contribution < -0.4 is 9.46 Å². The van der Waals surface area contributed by atoms with Crippen LogP contribution in [-0.2, 0) is 15.4 Å². The zero-order valence-electron chi connectivity index (χ0n) is 17.1. The second-order valence-electron chi connectivity index (χ2n) is 7.95. The van der Waals surface area contributed by atoms with Crippen molar-refractivity contribution in [2.24, 2.45) is 0 Å². The summed E-state index contributed by atoms with van der Waals surface area (Å²) in [4.78, 5) is 0.109. The lowest BCUT2D eigenvalue weighted by Gasteiger charge is -2.19. The molecule has 0 unspecified atom stereocenters. The highest BCUT2D eigenvalue weighted by Crippen LogP contribution is 2.44. The van der Waals surface area contributed by atoms with Gasteiger partial charge in [-0.15, -0.1) is 0 Å². The first kappa shape index (κ1) is 25.3. The Morgan fingerprint density at radius 1 is 0.750 bits per heavy atom. The molecule has 170 valence electrons. The smallest absolute Gasteiger partial charge is 0.261 e. The molecule has 1 N–H and O–H groups in total. The highest BCUT2D eigenvalue weighted by molar-refractivity contribution is 7.92. The van der Waals surface area contributed by atoms with Gasteiger partial charge in [0.2, 0.25) is 0 Å². The van der Waals surface area contributed by atoms with Gasteiger partial charge in [0, 0.05) is 5.02 Å². The maximum absolute atomic E-state index is 12.8. The van der Waals surface area contributed by atoms with Crippen LogP contribution in [0.2, 0.25) is 25.1 Å². The van der Waals surface area contributed by atoms with Gasteiger partial charge in [0.15, 0.2) is 11.5 Å². The van der Waals surface area contributed by atoms with Crippen LogP contribution in [0.3, 0.4) is 0 Å². The summed E-state index contributed by atoms with van der Waals surface area (Å²) in [5.41, 5.74) is 1.09. The molecule has 0 saturated heterocycles. The maximum Gasteiger partial charge on any atom is 0.261 e. The number of halogens is 5. The molecule has 3 rings (SSSR count). The Morgan fingerprint density at radius 3 is 1.62 bits per heavy atom. The van der Waals surface area contributed by atoms with Gasteiger partial charge in [0.25, 0.3) is 10.0 Å². The minimum atomic E-state index is -3.86. The van der Waals surface area contributed by atoms with E-state index < -0.39 is 10.0 Å². The van der Waals surface area contributed by atoms with Gasteiger partial charge in [-0.2, -0.15) is 0 Å². The molecule has 0 heterocycles. The van der Waals surface area contributed by atoms with Crippen LogP contribution in [0.1, 0.15) is 26.3 Å². The Bertz CT molecular complexity index is 1220. The first-order valence-electron chi connectivity index (χ1n) is 9.23. The van der Waals surface area contributed by atoms with E-state index in [1.54, 1.807) is 24.3 Å². The van der Waals surface area contributed by atoms with Gasteiger partial charge in [-0.25, -0.2) is 8.42 Å². The molecule has 0 radical (unpaired) electrons. The number of ether oxygens (including phenoxy) is 1. The van der Waals surface area contributed by atoms with E-state index in [1.165, 1.54) is 24.3 Å². The van der Waals surface area contributed by atoms with E-state index in [2.05, 4.69) is 4.72 Å². The average Bonchev–Trinajstić information content (AvgIpc) is 2.65. The fourth-order valence-corrected chi connectivity index (χ4v) is 5.29. The molecule has 0 amide bonds. The summed E-state index contributed by atoms with van der Waals surface area (Å²) in [5, 5.41) is 0.779. The SMILES string of the molecule is CC(C)(C)c1ccc(S(=O)(=O)Nc2cc(Cl)c(Oc3c(Cl)cc(Cl)cc3Cl)c(Cl)c2)cc1. The van der Waals surface area contributed by atoms with Crippen molar-refractivity contribution in [2.75, 3.05) is 4.72 Å². The number of rotatable bonds is 5. The Labute approximate surface area is 212 Å². The topological polar surface area (TPSA) is 55.4 Å². The van der Waals surface area contributed by atoms with E-state index in [0.29, 0.717) is 5.02 Å². The van der Waals surface area contributed by atoms with Crippen molar-refractivity contribution < 1.29 is 13.2 Å². The van der Waals surface area contributed by atoms with Gasteiger partial charge in [-0.1, -0.05) is 90.9 Å². The minimum Gasteiger partial charge on any atom is -0.451 e.